The van der Waals surface area contributed by atoms with Gasteiger partial charge in [0.05, 0.1) is 6.10 Å². The molecule has 2 rings (SSSR count). The van der Waals surface area contributed by atoms with Gasteiger partial charge in [-0.25, -0.2) is 0 Å². The predicted molar refractivity (Wildman–Crippen MR) is 84.8 cm³/mol. The smallest absolute Gasteiger partial charge is 0.0807 e. The van der Waals surface area contributed by atoms with Crippen molar-refractivity contribution in [3.05, 3.63) is 59.2 Å². The molecule has 0 aliphatic heterocycles. The van der Waals surface area contributed by atoms with Gasteiger partial charge < -0.3 is 16.2 Å². The number of hydrogen-bond acceptors (Lipinski definition) is 3. The van der Waals surface area contributed by atoms with Gasteiger partial charge in [0.1, 0.15) is 0 Å². The highest BCUT2D eigenvalue weighted by atomic mass is 16.3. The first-order chi connectivity index (χ1) is 9.56. The summed E-state index contributed by atoms with van der Waals surface area (Å²) in [5.74, 6) is 0. The van der Waals surface area contributed by atoms with Gasteiger partial charge in [0.25, 0.3) is 0 Å². The van der Waals surface area contributed by atoms with Crippen LogP contribution in [0.3, 0.4) is 0 Å². The Labute approximate surface area is 120 Å². The van der Waals surface area contributed by atoms with E-state index in [2.05, 4.69) is 37.4 Å². The lowest BCUT2D eigenvalue weighted by molar-refractivity contribution is 0.172. The van der Waals surface area contributed by atoms with E-state index in [4.69, 9.17) is 5.73 Å². The summed E-state index contributed by atoms with van der Waals surface area (Å²) in [6.45, 7) is 4.92. The molecule has 0 aliphatic rings. The number of anilines is 2. The number of aliphatic hydroxyl groups is 1. The average Bonchev–Trinajstić information content (AvgIpc) is 2.42. The van der Waals surface area contributed by atoms with Crippen LogP contribution < -0.4 is 11.1 Å². The topological polar surface area (TPSA) is 58.3 Å². The maximum absolute atomic E-state index is 10.1. The molecule has 4 N–H and O–H groups in total. The van der Waals surface area contributed by atoms with Crippen LogP contribution in [0.1, 0.15) is 29.2 Å². The van der Waals surface area contributed by atoms with Crippen molar-refractivity contribution in [2.75, 3.05) is 17.6 Å². The third kappa shape index (κ3) is 3.75. The number of hydrogen-bond donors (Lipinski definition) is 3. The molecule has 3 nitrogen and oxygen atoms in total. The normalized spacial score (nSPS) is 12.2. The Kier molecular flexibility index (Phi) is 4.64. The Morgan fingerprint density at radius 1 is 1.10 bits per heavy atom. The van der Waals surface area contributed by atoms with E-state index in [0.717, 1.165) is 17.8 Å². The second-order valence-corrected chi connectivity index (χ2v) is 5.20. The largest absolute Gasteiger partial charge is 0.399 e. The zero-order valence-electron chi connectivity index (χ0n) is 12.1. The molecule has 1 atom stereocenters. The first-order valence-electron chi connectivity index (χ1n) is 6.91. The summed E-state index contributed by atoms with van der Waals surface area (Å²) in [7, 11) is 0. The molecule has 0 aromatic heterocycles. The van der Waals surface area contributed by atoms with E-state index in [0.29, 0.717) is 12.1 Å². The first-order valence-corrected chi connectivity index (χ1v) is 6.91. The third-order valence-electron chi connectivity index (χ3n) is 3.55. The molecule has 0 heterocycles. The van der Waals surface area contributed by atoms with Crippen molar-refractivity contribution in [1.82, 2.24) is 0 Å². The summed E-state index contributed by atoms with van der Waals surface area (Å²) in [5, 5.41) is 13.5. The molecule has 0 fully saturated rings. The van der Waals surface area contributed by atoms with Crippen molar-refractivity contribution < 1.29 is 5.11 Å². The van der Waals surface area contributed by atoms with Crippen molar-refractivity contribution in [3.63, 3.8) is 0 Å². The van der Waals surface area contributed by atoms with Gasteiger partial charge in [-0.3, -0.25) is 0 Å². The molecule has 0 amide bonds. The molecule has 20 heavy (non-hydrogen) atoms. The van der Waals surface area contributed by atoms with E-state index < -0.39 is 6.10 Å². The van der Waals surface area contributed by atoms with Gasteiger partial charge in [0.15, 0.2) is 0 Å². The van der Waals surface area contributed by atoms with E-state index >= 15 is 0 Å². The highest BCUT2D eigenvalue weighted by molar-refractivity contribution is 5.48. The molecule has 0 saturated heterocycles. The first kappa shape index (κ1) is 14.4. The van der Waals surface area contributed by atoms with E-state index in [1.165, 1.54) is 11.1 Å². The Hall–Kier alpha value is -2.00. The van der Waals surface area contributed by atoms with E-state index in [9.17, 15) is 5.11 Å². The summed E-state index contributed by atoms with van der Waals surface area (Å²) < 4.78 is 0. The van der Waals surface area contributed by atoms with Gasteiger partial charge in [-0.2, -0.15) is 0 Å². The molecule has 2 aromatic carbocycles. The summed E-state index contributed by atoms with van der Waals surface area (Å²) >= 11 is 0. The Balaban J connectivity index is 1.87. The number of nitrogen functional groups attached to an aromatic ring is 1. The van der Waals surface area contributed by atoms with Gasteiger partial charge in [-0.1, -0.05) is 18.2 Å². The van der Waals surface area contributed by atoms with Gasteiger partial charge in [0.2, 0.25) is 0 Å². The average molecular weight is 270 g/mol. The Morgan fingerprint density at radius 2 is 1.90 bits per heavy atom. The minimum Gasteiger partial charge on any atom is -0.399 e. The van der Waals surface area contributed by atoms with Crippen LogP contribution >= 0.6 is 0 Å². The molecular weight excluding hydrogens is 248 g/mol. The van der Waals surface area contributed by atoms with Crippen LogP contribution in [0.2, 0.25) is 0 Å². The molecule has 106 valence electrons. The van der Waals surface area contributed by atoms with E-state index in [-0.39, 0.29) is 0 Å². The van der Waals surface area contributed by atoms with Crippen LogP contribution in [-0.2, 0) is 0 Å². The SMILES string of the molecule is Cc1ccc(NCCC(O)c2cccc(N)c2)cc1C. The minimum absolute atomic E-state index is 0.488. The lowest BCUT2D eigenvalue weighted by Crippen LogP contribution is -2.08. The fourth-order valence-electron chi connectivity index (χ4n) is 2.14. The number of benzene rings is 2. The van der Waals surface area contributed by atoms with E-state index in [1.54, 1.807) is 0 Å². The quantitative estimate of drug-likeness (QED) is 0.730. The zero-order valence-corrected chi connectivity index (χ0v) is 12.1. The van der Waals surface area contributed by atoms with Crippen LogP contribution in [0.5, 0.6) is 0 Å². The number of rotatable bonds is 5. The third-order valence-corrected chi connectivity index (χ3v) is 3.55. The van der Waals surface area contributed by atoms with Crippen molar-refractivity contribution in [1.29, 1.82) is 0 Å². The Bertz CT molecular complexity index is 581. The van der Waals surface area contributed by atoms with Gasteiger partial charge in [0, 0.05) is 17.9 Å². The van der Waals surface area contributed by atoms with Crippen molar-refractivity contribution in [3.8, 4) is 0 Å². The molecule has 0 aliphatic carbocycles. The molecule has 0 saturated carbocycles. The van der Waals surface area contributed by atoms with Crippen molar-refractivity contribution >= 4 is 11.4 Å². The number of aliphatic hydroxyl groups excluding tert-OH is 1. The number of aryl methyl sites for hydroxylation is 2. The van der Waals surface area contributed by atoms with Gasteiger partial charge >= 0.3 is 0 Å². The second-order valence-electron chi connectivity index (χ2n) is 5.20. The lowest BCUT2D eigenvalue weighted by Gasteiger charge is -2.13. The zero-order chi connectivity index (χ0) is 14.5. The maximum atomic E-state index is 10.1. The van der Waals surface area contributed by atoms with Crippen LogP contribution in [0.4, 0.5) is 11.4 Å². The van der Waals surface area contributed by atoms with Crippen LogP contribution in [0, 0.1) is 13.8 Å². The highest BCUT2D eigenvalue weighted by Crippen LogP contribution is 2.19. The molecular formula is C17H22N2O. The van der Waals surface area contributed by atoms with Crippen molar-refractivity contribution in [2.45, 2.75) is 26.4 Å². The highest BCUT2D eigenvalue weighted by Gasteiger charge is 2.07. The second kappa shape index (κ2) is 6.44. The molecule has 0 radical (unpaired) electrons. The fourth-order valence-corrected chi connectivity index (χ4v) is 2.14. The summed E-state index contributed by atoms with van der Waals surface area (Å²) in [4.78, 5) is 0. The fraction of sp³-hybridized carbons (Fsp3) is 0.294. The number of nitrogens with two attached hydrogens (primary N) is 1. The predicted octanol–water partition coefficient (Wildman–Crippen LogP) is 3.42. The molecule has 2 aromatic rings. The van der Waals surface area contributed by atoms with E-state index in [1.807, 2.05) is 24.3 Å². The molecule has 3 heteroatoms. The summed E-state index contributed by atoms with van der Waals surface area (Å²) in [6, 6.07) is 13.7. The Morgan fingerprint density at radius 3 is 2.60 bits per heavy atom. The van der Waals surface area contributed by atoms with Gasteiger partial charge in [-0.15, -0.1) is 0 Å². The molecule has 1 unspecified atom stereocenters. The maximum Gasteiger partial charge on any atom is 0.0807 e. The lowest BCUT2D eigenvalue weighted by atomic mass is 10.1. The standard InChI is InChI=1S/C17H22N2O/c1-12-6-7-16(10-13(12)2)19-9-8-17(20)14-4-3-5-15(18)11-14/h3-7,10-11,17,19-20H,8-9,18H2,1-2H3. The van der Waals surface area contributed by atoms with Gasteiger partial charge in [-0.05, 0) is 61.2 Å². The molecule has 0 bridgehead atoms. The number of nitrogens with one attached hydrogen (secondary N) is 1. The van der Waals surface area contributed by atoms with Crippen molar-refractivity contribution in [2.24, 2.45) is 0 Å². The monoisotopic (exact) mass is 270 g/mol. The minimum atomic E-state index is -0.488. The summed E-state index contributed by atoms with van der Waals surface area (Å²) in [5.41, 5.74) is 10.9. The van der Waals surface area contributed by atoms with Crippen LogP contribution in [0.15, 0.2) is 42.5 Å². The van der Waals surface area contributed by atoms with Crippen LogP contribution in [0.25, 0.3) is 0 Å². The summed E-state index contributed by atoms with van der Waals surface area (Å²) in [6.07, 6.45) is 0.161. The van der Waals surface area contributed by atoms with Crippen LogP contribution in [-0.4, -0.2) is 11.7 Å². The molecule has 0 spiro atoms.